The van der Waals surface area contributed by atoms with E-state index in [4.69, 9.17) is 0 Å². The molecular formula is C10H7F3N6. The summed E-state index contributed by atoms with van der Waals surface area (Å²) >= 11 is 0. The Morgan fingerprint density at radius 2 is 1.84 bits per heavy atom. The smallest absolute Gasteiger partial charge is 0.250 e. The number of rotatable bonds is 1. The normalized spacial score (nSPS) is 12.4. The summed E-state index contributed by atoms with van der Waals surface area (Å²) in [4.78, 5) is 12.0. The van der Waals surface area contributed by atoms with E-state index in [1.165, 1.54) is 12.4 Å². The van der Waals surface area contributed by atoms with Crippen molar-refractivity contribution in [3.63, 3.8) is 0 Å². The number of aryl methyl sites for hydroxylation is 1. The van der Waals surface area contributed by atoms with Crippen LogP contribution in [0.5, 0.6) is 0 Å². The molecule has 0 bridgehead atoms. The molecule has 0 radical (unpaired) electrons. The maximum absolute atomic E-state index is 12.9. The molecule has 9 heteroatoms. The lowest BCUT2D eigenvalue weighted by atomic mass is 10.3. The van der Waals surface area contributed by atoms with Gasteiger partial charge in [-0.05, 0) is 6.42 Å². The molecule has 0 N–H and O–H groups in total. The van der Waals surface area contributed by atoms with Gasteiger partial charge >= 0.3 is 6.18 Å². The molecule has 0 atom stereocenters. The Hall–Kier alpha value is -2.32. The van der Waals surface area contributed by atoms with Crippen molar-refractivity contribution in [2.75, 3.05) is 0 Å². The third-order valence-electron chi connectivity index (χ3n) is 2.62. The van der Waals surface area contributed by atoms with Crippen molar-refractivity contribution >= 4 is 16.9 Å². The lowest BCUT2D eigenvalue weighted by Gasteiger charge is -2.07. The summed E-state index contributed by atoms with van der Waals surface area (Å²) in [5.41, 5.74) is 0.586. The first-order chi connectivity index (χ1) is 9.02. The SMILES string of the molecule is CCc1nc2nccnc2n2c(C(F)(F)F)nnc12. The van der Waals surface area contributed by atoms with Gasteiger partial charge in [0.05, 0.1) is 5.69 Å². The fourth-order valence-electron chi connectivity index (χ4n) is 1.83. The zero-order valence-corrected chi connectivity index (χ0v) is 9.68. The molecule has 98 valence electrons. The van der Waals surface area contributed by atoms with E-state index >= 15 is 0 Å². The van der Waals surface area contributed by atoms with Crippen LogP contribution in [-0.2, 0) is 12.6 Å². The van der Waals surface area contributed by atoms with Crippen molar-refractivity contribution in [1.29, 1.82) is 0 Å². The molecule has 0 aliphatic heterocycles. The molecule has 0 amide bonds. The fourth-order valence-corrected chi connectivity index (χ4v) is 1.83. The first kappa shape index (κ1) is 11.8. The van der Waals surface area contributed by atoms with Crippen molar-refractivity contribution in [1.82, 2.24) is 29.5 Å². The molecule has 0 fully saturated rings. The van der Waals surface area contributed by atoms with E-state index in [2.05, 4.69) is 25.1 Å². The average Bonchev–Trinajstić information content (AvgIpc) is 2.82. The molecule has 3 heterocycles. The highest BCUT2D eigenvalue weighted by Crippen LogP contribution is 2.29. The zero-order chi connectivity index (χ0) is 13.6. The molecule has 0 spiro atoms. The van der Waals surface area contributed by atoms with Crippen molar-refractivity contribution in [2.24, 2.45) is 0 Å². The highest BCUT2D eigenvalue weighted by Gasteiger charge is 2.38. The van der Waals surface area contributed by atoms with Crippen LogP contribution in [-0.4, -0.2) is 29.5 Å². The first-order valence-corrected chi connectivity index (χ1v) is 5.44. The maximum atomic E-state index is 12.9. The Balaban J connectivity index is 2.53. The summed E-state index contributed by atoms with van der Waals surface area (Å²) < 4.78 is 39.6. The highest BCUT2D eigenvalue weighted by atomic mass is 19.4. The van der Waals surface area contributed by atoms with Gasteiger partial charge in [-0.3, -0.25) is 4.40 Å². The molecule has 0 saturated carbocycles. The van der Waals surface area contributed by atoms with E-state index in [1.807, 2.05) is 0 Å². The van der Waals surface area contributed by atoms with Crippen molar-refractivity contribution in [3.8, 4) is 0 Å². The summed E-state index contributed by atoms with van der Waals surface area (Å²) in [6.07, 6.45) is -1.52. The monoisotopic (exact) mass is 268 g/mol. The van der Waals surface area contributed by atoms with Gasteiger partial charge in [0.1, 0.15) is 0 Å². The second-order valence-corrected chi connectivity index (χ2v) is 3.80. The third kappa shape index (κ3) is 1.69. The first-order valence-electron chi connectivity index (χ1n) is 5.44. The van der Waals surface area contributed by atoms with Gasteiger partial charge in [-0.25, -0.2) is 15.0 Å². The summed E-state index contributed by atoms with van der Waals surface area (Å²) in [6.45, 7) is 1.77. The fraction of sp³-hybridized carbons (Fsp3) is 0.300. The summed E-state index contributed by atoms with van der Waals surface area (Å²) in [7, 11) is 0. The molecule has 0 unspecified atom stereocenters. The number of hydrogen-bond acceptors (Lipinski definition) is 5. The molecule has 0 aliphatic rings. The van der Waals surface area contributed by atoms with E-state index in [1.54, 1.807) is 6.92 Å². The van der Waals surface area contributed by atoms with Gasteiger partial charge in [0.2, 0.25) is 5.82 Å². The topological polar surface area (TPSA) is 68.9 Å². The summed E-state index contributed by atoms with van der Waals surface area (Å²) in [5, 5.41) is 6.77. The van der Waals surface area contributed by atoms with E-state index in [0.717, 1.165) is 4.40 Å². The Morgan fingerprint density at radius 3 is 2.53 bits per heavy atom. The minimum atomic E-state index is -4.61. The van der Waals surface area contributed by atoms with Gasteiger partial charge in [-0.1, -0.05) is 6.92 Å². The number of hydrogen-bond donors (Lipinski definition) is 0. The van der Waals surface area contributed by atoms with Crippen LogP contribution < -0.4 is 0 Å². The molecule has 0 aliphatic carbocycles. The second-order valence-electron chi connectivity index (χ2n) is 3.80. The van der Waals surface area contributed by atoms with Crippen LogP contribution in [0.2, 0.25) is 0 Å². The van der Waals surface area contributed by atoms with Crippen LogP contribution in [0.15, 0.2) is 12.4 Å². The van der Waals surface area contributed by atoms with Crippen LogP contribution in [0.4, 0.5) is 13.2 Å². The van der Waals surface area contributed by atoms with E-state index in [0.29, 0.717) is 12.1 Å². The minimum Gasteiger partial charge on any atom is -0.250 e. The number of fused-ring (bicyclic) bond motifs is 3. The Morgan fingerprint density at radius 1 is 1.11 bits per heavy atom. The standard InChI is InChI=1S/C10H7F3N6/c1-2-5-7-17-18-9(10(11,12)13)19(7)8-6(16-5)14-3-4-15-8/h3-4H,2H2,1H3. The zero-order valence-electron chi connectivity index (χ0n) is 9.68. The summed E-state index contributed by atoms with van der Waals surface area (Å²) in [5.74, 6) is -1.12. The van der Waals surface area contributed by atoms with Gasteiger partial charge < -0.3 is 0 Å². The molecule has 3 aromatic rings. The lowest BCUT2D eigenvalue weighted by Crippen LogP contribution is -2.13. The average molecular weight is 268 g/mol. The molecule has 3 aromatic heterocycles. The lowest BCUT2D eigenvalue weighted by molar-refractivity contribution is -0.145. The number of nitrogens with zero attached hydrogens (tertiary/aromatic N) is 6. The Kier molecular flexibility index (Phi) is 2.37. The van der Waals surface area contributed by atoms with E-state index < -0.39 is 12.0 Å². The van der Waals surface area contributed by atoms with Gasteiger partial charge in [-0.2, -0.15) is 13.2 Å². The number of halogens is 3. The van der Waals surface area contributed by atoms with Gasteiger partial charge in [0.15, 0.2) is 16.9 Å². The van der Waals surface area contributed by atoms with E-state index in [-0.39, 0.29) is 16.9 Å². The predicted molar refractivity (Wildman–Crippen MR) is 58.3 cm³/mol. The number of alkyl halides is 3. The minimum absolute atomic E-state index is 0.00738. The molecule has 0 saturated heterocycles. The molecular weight excluding hydrogens is 261 g/mol. The second kappa shape index (κ2) is 3.84. The molecule has 19 heavy (non-hydrogen) atoms. The van der Waals surface area contributed by atoms with Gasteiger partial charge in [0, 0.05) is 12.4 Å². The molecule has 0 aromatic carbocycles. The van der Waals surface area contributed by atoms with Crippen molar-refractivity contribution < 1.29 is 13.2 Å². The van der Waals surface area contributed by atoms with Crippen molar-refractivity contribution in [2.45, 2.75) is 19.5 Å². The van der Waals surface area contributed by atoms with E-state index in [9.17, 15) is 13.2 Å². The van der Waals surface area contributed by atoms with Crippen LogP contribution in [0.25, 0.3) is 16.9 Å². The van der Waals surface area contributed by atoms with Gasteiger partial charge in [0.25, 0.3) is 0 Å². The van der Waals surface area contributed by atoms with Crippen LogP contribution >= 0.6 is 0 Å². The predicted octanol–water partition coefficient (Wildman–Crippen LogP) is 1.65. The third-order valence-corrected chi connectivity index (χ3v) is 2.62. The Bertz CT molecular complexity index is 763. The van der Waals surface area contributed by atoms with Crippen LogP contribution in [0.1, 0.15) is 18.4 Å². The number of aromatic nitrogens is 6. The maximum Gasteiger partial charge on any atom is 0.452 e. The largest absolute Gasteiger partial charge is 0.452 e. The Labute approximate surface area is 104 Å². The summed E-state index contributed by atoms with van der Waals surface area (Å²) in [6, 6.07) is 0. The highest BCUT2D eigenvalue weighted by molar-refractivity contribution is 5.70. The van der Waals surface area contributed by atoms with Crippen LogP contribution in [0.3, 0.4) is 0 Å². The van der Waals surface area contributed by atoms with Crippen LogP contribution in [0, 0.1) is 0 Å². The molecule has 6 nitrogen and oxygen atoms in total. The quantitative estimate of drug-likeness (QED) is 0.671. The molecule has 3 rings (SSSR count). The van der Waals surface area contributed by atoms with Gasteiger partial charge in [-0.15, -0.1) is 10.2 Å². The van der Waals surface area contributed by atoms with Crippen molar-refractivity contribution in [3.05, 3.63) is 23.9 Å².